The molecule has 0 amide bonds. The van der Waals surface area contributed by atoms with Crippen molar-refractivity contribution < 1.29 is 8.42 Å². The van der Waals surface area contributed by atoms with Crippen molar-refractivity contribution in [3.05, 3.63) is 18.3 Å². The summed E-state index contributed by atoms with van der Waals surface area (Å²) in [6.07, 6.45) is 1.39. The number of anilines is 1. The zero-order chi connectivity index (χ0) is 13.6. The topological polar surface area (TPSA) is 100 Å². The van der Waals surface area contributed by atoms with Crippen molar-refractivity contribution in [1.29, 1.82) is 0 Å². The van der Waals surface area contributed by atoms with Crippen LogP contribution in [-0.4, -0.2) is 45.0 Å². The van der Waals surface area contributed by atoms with Crippen LogP contribution in [0.1, 0.15) is 6.92 Å². The quantitative estimate of drug-likeness (QED) is 0.461. The van der Waals surface area contributed by atoms with Crippen LogP contribution in [0.15, 0.2) is 23.2 Å². The van der Waals surface area contributed by atoms with Crippen LogP contribution in [0.5, 0.6) is 0 Å². The highest BCUT2D eigenvalue weighted by Crippen LogP contribution is 2.11. The summed E-state index contributed by atoms with van der Waals surface area (Å²) in [5, 5.41) is 0. The van der Waals surface area contributed by atoms with Gasteiger partial charge in [-0.2, -0.15) is 0 Å². The minimum atomic E-state index is -3.51. The van der Waals surface area contributed by atoms with Gasteiger partial charge in [0.1, 0.15) is 5.82 Å². The summed E-state index contributed by atoms with van der Waals surface area (Å²) in [4.78, 5) is 6.02. The highest BCUT2D eigenvalue weighted by atomic mass is 32.2. The molecule has 1 aromatic rings. The summed E-state index contributed by atoms with van der Waals surface area (Å²) in [5.74, 6) is 5.49. The van der Waals surface area contributed by atoms with Gasteiger partial charge in [-0.3, -0.25) is 0 Å². The fourth-order valence-electron chi connectivity index (χ4n) is 1.27. The summed E-state index contributed by atoms with van der Waals surface area (Å²) in [7, 11) is -1.58. The van der Waals surface area contributed by atoms with Gasteiger partial charge in [-0.05, 0) is 19.7 Å². The van der Waals surface area contributed by atoms with Gasteiger partial charge in [-0.15, -0.1) is 0 Å². The Hall–Kier alpha value is -1.22. The molecule has 0 atom stereocenters. The Balaban J connectivity index is 2.68. The number of nitrogen functional groups attached to an aromatic ring is 1. The first-order chi connectivity index (χ1) is 8.49. The number of rotatable bonds is 7. The van der Waals surface area contributed by atoms with E-state index >= 15 is 0 Å². The van der Waals surface area contributed by atoms with Crippen LogP contribution < -0.4 is 16.0 Å². The molecule has 4 N–H and O–H groups in total. The molecule has 18 heavy (non-hydrogen) atoms. The number of hydrogen-bond acceptors (Lipinski definition) is 6. The van der Waals surface area contributed by atoms with Gasteiger partial charge in [0.15, 0.2) is 0 Å². The monoisotopic (exact) mass is 273 g/mol. The lowest BCUT2D eigenvalue weighted by atomic mass is 10.5. The maximum Gasteiger partial charge on any atom is 0.240 e. The van der Waals surface area contributed by atoms with E-state index in [2.05, 4.69) is 15.1 Å². The van der Waals surface area contributed by atoms with E-state index in [0.29, 0.717) is 18.9 Å². The lowest BCUT2D eigenvalue weighted by Crippen LogP contribution is -2.33. The van der Waals surface area contributed by atoms with Crippen LogP contribution in [-0.2, 0) is 10.0 Å². The average Bonchev–Trinajstić information content (AvgIpc) is 2.38. The van der Waals surface area contributed by atoms with Crippen molar-refractivity contribution in [2.75, 3.05) is 32.1 Å². The van der Waals surface area contributed by atoms with Crippen LogP contribution in [0.2, 0.25) is 0 Å². The SMILES string of the molecule is CCN(C)CCNS(=O)(=O)c1ccnc(NN)c1. The maximum atomic E-state index is 11.9. The predicted molar refractivity (Wildman–Crippen MR) is 70.4 cm³/mol. The number of hydrogen-bond donors (Lipinski definition) is 3. The molecule has 0 unspecified atom stereocenters. The van der Waals surface area contributed by atoms with Gasteiger partial charge in [-0.25, -0.2) is 24.0 Å². The molecule has 0 aliphatic rings. The molecule has 0 fully saturated rings. The first kappa shape index (κ1) is 14.8. The molecule has 0 saturated heterocycles. The Morgan fingerprint density at radius 1 is 1.50 bits per heavy atom. The Morgan fingerprint density at radius 3 is 2.83 bits per heavy atom. The number of hydrazine groups is 1. The first-order valence-corrected chi connectivity index (χ1v) is 7.08. The summed E-state index contributed by atoms with van der Waals surface area (Å²) in [6.45, 7) is 3.90. The fraction of sp³-hybridized carbons (Fsp3) is 0.500. The molecule has 0 aromatic carbocycles. The van der Waals surface area contributed by atoms with Gasteiger partial charge in [0.25, 0.3) is 0 Å². The lowest BCUT2D eigenvalue weighted by Gasteiger charge is -2.14. The third kappa shape index (κ3) is 4.22. The largest absolute Gasteiger partial charge is 0.308 e. The second-order valence-electron chi connectivity index (χ2n) is 3.81. The van der Waals surface area contributed by atoms with E-state index < -0.39 is 10.0 Å². The number of pyridine rings is 1. The van der Waals surface area contributed by atoms with Crippen LogP contribution in [0.3, 0.4) is 0 Å². The van der Waals surface area contributed by atoms with Gasteiger partial charge >= 0.3 is 0 Å². The molecule has 0 saturated carbocycles. The highest BCUT2D eigenvalue weighted by Gasteiger charge is 2.14. The molecule has 0 aliphatic carbocycles. The van der Waals surface area contributed by atoms with Gasteiger partial charge in [-0.1, -0.05) is 6.92 Å². The number of aromatic nitrogens is 1. The summed E-state index contributed by atoms with van der Waals surface area (Å²) in [6, 6.07) is 2.80. The van der Waals surface area contributed by atoms with Crippen molar-refractivity contribution in [3.8, 4) is 0 Å². The fourth-order valence-corrected chi connectivity index (χ4v) is 2.30. The molecule has 8 heteroatoms. The summed E-state index contributed by atoms with van der Waals surface area (Å²) < 4.78 is 26.4. The average molecular weight is 273 g/mol. The van der Waals surface area contributed by atoms with Gasteiger partial charge < -0.3 is 10.3 Å². The highest BCUT2D eigenvalue weighted by molar-refractivity contribution is 7.89. The molecular weight excluding hydrogens is 254 g/mol. The van der Waals surface area contributed by atoms with Crippen LogP contribution in [0, 0.1) is 0 Å². The number of sulfonamides is 1. The second kappa shape index (κ2) is 6.64. The maximum absolute atomic E-state index is 11.9. The smallest absolute Gasteiger partial charge is 0.240 e. The number of likely N-dealkylation sites (N-methyl/N-ethyl adjacent to an activating group) is 1. The van der Waals surface area contributed by atoms with Gasteiger partial charge in [0.05, 0.1) is 4.90 Å². The molecule has 1 aromatic heterocycles. The van der Waals surface area contributed by atoms with Crippen molar-refractivity contribution >= 4 is 15.8 Å². The van der Waals surface area contributed by atoms with E-state index in [1.54, 1.807) is 0 Å². The molecule has 0 radical (unpaired) electrons. The Bertz CT molecular complexity index is 477. The normalized spacial score (nSPS) is 11.8. The molecule has 102 valence electrons. The van der Waals surface area contributed by atoms with Crippen LogP contribution in [0.25, 0.3) is 0 Å². The van der Waals surface area contributed by atoms with E-state index in [1.807, 2.05) is 18.9 Å². The standard InChI is InChI=1S/C10H19N5O2S/c1-3-15(2)7-6-13-18(16,17)9-4-5-12-10(8-9)14-11/h4-5,8,13H,3,6-7,11H2,1-2H3,(H,12,14). The van der Waals surface area contributed by atoms with Crippen molar-refractivity contribution in [2.24, 2.45) is 5.84 Å². The molecule has 7 nitrogen and oxygen atoms in total. The van der Waals surface area contributed by atoms with E-state index in [9.17, 15) is 8.42 Å². The summed E-state index contributed by atoms with van der Waals surface area (Å²) >= 11 is 0. The zero-order valence-corrected chi connectivity index (χ0v) is 11.4. The number of nitrogens with zero attached hydrogens (tertiary/aromatic N) is 2. The van der Waals surface area contributed by atoms with E-state index in [4.69, 9.17) is 5.84 Å². The van der Waals surface area contributed by atoms with Gasteiger partial charge in [0, 0.05) is 25.4 Å². The van der Waals surface area contributed by atoms with Crippen molar-refractivity contribution in [2.45, 2.75) is 11.8 Å². The first-order valence-electron chi connectivity index (χ1n) is 5.60. The predicted octanol–water partition coefficient (Wildman–Crippen LogP) is -0.403. The molecule has 0 aliphatic heterocycles. The number of nitrogens with one attached hydrogen (secondary N) is 2. The molecule has 1 heterocycles. The third-order valence-corrected chi connectivity index (χ3v) is 3.97. The van der Waals surface area contributed by atoms with E-state index in [-0.39, 0.29) is 4.90 Å². The van der Waals surface area contributed by atoms with E-state index in [0.717, 1.165) is 6.54 Å². The minimum Gasteiger partial charge on any atom is -0.308 e. The Kier molecular flexibility index (Phi) is 5.48. The Labute approximate surface area is 107 Å². The van der Waals surface area contributed by atoms with E-state index in [1.165, 1.54) is 18.3 Å². The van der Waals surface area contributed by atoms with Crippen molar-refractivity contribution in [3.63, 3.8) is 0 Å². The lowest BCUT2D eigenvalue weighted by molar-refractivity contribution is 0.358. The minimum absolute atomic E-state index is 0.143. The zero-order valence-electron chi connectivity index (χ0n) is 10.5. The van der Waals surface area contributed by atoms with Crippen LogP contribution >= 0.6 is 0 Å². The third-order valence-electron chi connectivity index (χ3n) is 2.52. The molecule has 0 bridgehead atoms. The Morgan fingerprint density at radius 2 is 2.22 bits per heavy atom. The second-order valence-corrected chi connectivity index (χ2v) is 5.58. The molecule has 0 spiro atoms. The molecular formula is C10H19N5O2S. The van der Waals surface area contributed by atoms with Crippen molar-refractivity contribution in [1.82, 2.24) is 14.6 Å². The van der Waals surface area contributed by atoms with Crippen LogP contribution in [0.4, 0.5) is 5.82 Å². The molecule has 1 rings (SSSR count). The number of nitrogens with two attached hydrogens (primary N) is 1. The summed E-state index contributed by atoms with van der Waals surface area (Å²) in [5.41, 5.74) is 2.31. The van der Waals surface area contributed by atoms with Gasteiger partial charge in [0.2, 0.25) is 10.0 Å².